The van der Waals surface area contributed by atoms with E-state index >= 15 is 0 Å². The lowest BCUT2D eigenvalue weighted by Crippen LogP contribution is -2.50. The van der Waals surface area contributed by atoms with Crippen molar-refractivity contribution in [1.29, 1.82) is 0 Å². The fourth-order valence-corrected chi connectivity index (χ4v) is 5.81. The lowest BCUT2D eigenvalue weighted by Gasteiger charge is -2.31. The maximum Gasteiger partial charge on any atom is 0.362 e. The molecule has 0 aliphatic rings. The third-order valence-corrected chi connectivity index (χ3v) is 8.93. The SMILES string of the molecule is CCCCCC/C=C/CCC(=O)OCC(COCCC(C(=O)O)[N+](C)(C)C)OC(=O)CCCCCCCCCCCCCCCCCC. The monoisotopic (exact) mass is 683 g/mol. The summed E-state index contributed by atoms with van der Waals surface area (Å²) in [7, 11) is 5.51. The van der Waals surface area contributed by atoms with Crippen LogP contribution in [0.3, 0.4) is 0 Å². The van der Waals surface area contributed by atoms with Crippen molar-refractivity contribution in [3.63, 3.8) is 0 Å². The molecule has 0 aromatic heterocycles. The van der Waals surface area contributed by atoms with E-state index in [-0.39, 0.29) is 42.7 Å². The summed E-state index contributed by atoms with van der Waals surface area (Å²) in [5.41, 5.74) is 0. The number of hydrogen-bond acceptors (Lipinski definition) is 6. The lowest BCUT2D eigenvalue weighted by atomic mass is 10.0. The van der Waals surface area contributed by atoms with Crippen LogP contribution in [0.5, 0.6) is 0 Å². The standard InChI is InChI=1S/C40H75NO7/c1-6-8-10-12-14-16-17-18-19-20-21-22-23-25-27-29-31-39(43)48-36(34-46-33-32-37(40(44)45)41(3,4)5)35-47-38(42)30-28-26-24-15-13-11-9-7-2/h24,26,36-37H,6-23,25,27-35H2,1-5H3/p+1/b26-24+. The normalized spacial score (nSPS) is 13.1. The highest BCUT2D eigenvalue weighted by Gasteiger charge is 2.31. The van der Waals surface area contributed by atoms with Gasteiger partial charge in [0.15, 0.2) is 12.1 Å². The Morgan fingerprint density at radius 1 is 0.604 bits per heavy atom. The number of carbonyl (C=O) groups is 3. The zero-order valence-electron chi connectivity index (χ0n) is 32.0. The first-order valence-corrected chi connectivity index (χ1v) is 19.7. The number of allylic oxidation sites excluding steroid dienone is 2. The van der Waals surface area contributed by atoms with Crippen molar-refractivity contribution in [1.82, 2.24) is 0 Å². The number of quaternary nitrogens is 1. The van der Waals surface area contributed by atoms with Gasteiger partial charge < -0.3 is 23.8 Å². The molecule has 2 unspecified atom stereocenters. The molecule has 0 saturated carbocycles. The first-order chi connectivity index (χ1) is 23.1. The Hall–Kier alpha value is -1.93. The molecule has 0 aliphatic carbocycles. The molecule has 0 fully saturated rings. The Morgan fingerprint density at radius 2 is 1.08 bits per heavy atom. The van der Waals surface area contributed by atoms with Gasteiger partial charge in [-0.2, -0.15) is 0 Å². The number of carbonyl (C=O) groups excluding carboxylic acids is 2. The number of carboxylic acid groups (broad SMARTS) is 1. The second kappa shape index (κ2) is 32.3. The van der Waals surface area contributed by atoms with Crippen molar-refractivity contribution >= 4 is 17.9 Å². The summed E-state index contributed by atoms with van der Waals surface area (Å²) in [4.78, 5) is 36.7. The van der Waals surface area contributed by atoms with Gasteiger partial charge in [-0.3, -0.25) is 9.59 Å². The van der Waals surface area contributed by atoms with Gasteiger partial charge in [0.2, 0.25) is 0 Å². The molecule has 0 aromatic carbocycles. The first-order valence-electron chi connectivity index (χ1n) is 19.7. The third-order valence-electron chi connectivity index (χ3n) is 8.93. The molecular weight excluding hydrogens is 606 g/mol. The molecule has 1 N–H and O–H groups in total. The molecule has 8 heteroatoms. The molecule has 0 rings (SSSR count). The predicted octanol–water partition coefficient (Wildman–Crippen LogP) is 9.97. The molecular formula is C40H76NO7+. The van der Waals surface area contributed by atoms with Crippen LogP contribution in [0.4, 0.5) is 0 Å². The molecule has 0 bridgehead atoms. The van der Waals surface area contributed by atoms with Crippen molar-refractivity contribution in [2.75, 3.05) is 41.0 Å². The Balaban J connectivity index is 4.34. The van der Waals surface area contributed by atoms with Crippen LogP contribution in [0, 0.1) is 0 Å². The molecule has 8 nitrogen and oxygen atoms in total. The van der Waals surface area contributed by atoms with Gasteiger partial charge in [-0.15, -0.1) is 0 Å². The van der Waals surface area contributed by atoms with Gasteiger partial charge in [0.05, 0.1) is 34.4 Å². The quantitative estimate of drug-likeness (QED) is 0.0307. The van der Waals surface area contributed by atoms with E-state index in [1.807, 2.05) is 27.2 Å². The molecule has 0 aliphatic heterocycles. The van der Waals surface area contributed by atoms with Gasteiger partial charge in [0.25, 0.3) is 0 Å². The van der Waals surface area contributed by atoms with Gasteiger partial charge in [0.1, 0.15) is 6.61 Å². The van der Waals surface area contributed by atoms with Gasteiger partial charge in [-0.05, 0) is 25.7 Å². The summed E-state index contributed by atoms with van der Waals surface area (Å²) in [5, 5.41) is 9.57. The number of carboxylic acids is 1. The van der Waals surface area contributed by atoms with Gasteiger partial charge in [-0.25, -0.2) is 4.79 Å². The Kier molecular flexibility index (Phi) is 31.0. The second-order valence-electron chi connectivity index (χ2n) is 14.5. The van der Waals surface area contributed by atoms with Crippen molar-refractivity contribution in [3.05, 3.63) is 12.2 Å². The summed E-state index contributed by atoms with van der Waals surface area (Å²) < 4.78 is 17.1. The number of ether oxygens (including phenoxy) is 3. The maximum atomic E-state index is 12.6. The van der Waals surface area contributed by atoms with E-state index in [1.54, 1.807) is 0 Å². The summed E-state index contributed by atoms with van der Waals surface area (Å²) >= 11 is 0. The predicted molar refractivity (Wildman–Crippen MR) is 197 cm³/mol. The molecule has 0 amide bonds. The number of esters is 2. The fourth-order valence-electron chi connectivity index (χ4n) is 5.81. The zero-order valence-corrected chi connectivity index (χ0v) is 32.0. The molecule has 0 heterocycles. The van der Waals surface area contributed by atoms with Gasteiger partial charge in [-0.1, -0.05) is 142 Å². The fraction of sp³-hybridized carbons (Fsp3) is 0.875. The minimum Gasteiger partial charge on any atom is -0.477 e. The summed E-state index contributed by atoms with van der Waals surface area (Å²) in [6.45, 7) is 4.66. The largest absolute Gasteiger partial charge is 0.477 e. The smallest absolute Gasteiger partial charge is 0.362 e. The van der Waals surface area contributed by atoms with Crippen LogP contribution in [0.15, 0.2) is 12.2 Å². The average Bonchev–Trinajstić information content (AvgIpc) is 3.03. The highest BCUT2D eigenvalue weighted by molar-refractivity contribution is 5.72. The Morgan fingerprint density at radius 3 is 1.58 bits per heavy atom. The van der Waals surface area contributed by atoms with Gasteiger partial charge >= 0.3 is 17.9 Å². The lowest BCUT2D eigenvalue weighted by molar-refractivity contribution is -0.887. The second-order valence-corrected chi connectivity index (χ2v) is 14.5. The average molecular weight is 683 g/mol. The number of aliphatic carboxylic acids is 1. The van der Waals surface area contributed by atoms with Crippen LogP contribution in [0.2, 0.25) is 0 Å². The van der Waals surface area contributed by atoms with Crippen molar-refractivity contribution in [2.24, 2.45) is 0 Å². The highest BCUT2D eigenvalue weighted by Crippen LogP contribution is 2.15. The van der Waals surface area contributed by atoms with E-state index in [1.165, 1.54) is 109 Å². The number of hydrogen-bond donors (Lipinski definition) is 1. The van der Waals surface area contributed by atoms with Crippen LogP contribution < -0.4 is 0 Å². The number of nitrogens with zero attached hydrogens (tertiary/aromatic N) is 1. The Labute approximate surface area is 295 Å². The molecule has 0 radical (unpaired) electrons. The van der Waals surface area contributed by atoms with Crippen LogP contribution in [-0.2, 0) is 28.6 Å². The van der Waals surface area contributed by atoms with Gasteiger partial charge in [0, 0.05) is 19.3 Å². The van der Waals surface area contributed by atoms with E-state index in [0.717, 1.165) is 25.7 Å². The van der Waals surface area contributed by atoms with E-state index in [4.69, 9.17) is 14.2 Å². The molecule has 0 saturated heterocycles. The Bertz CT molecular complexity index is 808. The first kappa shape index (κ1) is 46.1. The zero-order chi connectivity index (χ0) is 35.7. The molecule has 282 valence electrons. The molecule has 0 aromatic rings. The topological polar surface area (TPSA) is 99.1 Å². The number of rotatable bonds is 35. The van der Waals surface area contributed by atoms with E-state index in [0.29, 0.717) is 19.3 Å². The van der Waals surface area contributed by atoms with Crippen LogP contribution in [0.25, 0.3) is 0 Å². The third kappa shape index (κ3) is 30.2. The minimum absolute atomic E-state index is 0.0547. The number of unbranched alkanes of at least 4 members (excludes halogenated alkanes) is 19. The van der Waals surface area contributed by atoms with Crippen molar-refractivity contribution < 1.29 is 38.2 Å². The van der Waals surface area contributed by atoms with Crippen LogP contribution >= 0.6 is 0 Å². The minimum atomic E-state index is -0.878. The summed E-state index contributed by atoms with van der Waals surface area (Å²) in [6.07, 6.45) is 31.3. The van der Waals surface area contributed by atoms with E-state index < -0.39 is 18.1 Å². The molecule has 0 spiro atoms. The maximum absolute atomic E-state index is 12.6. The summed E-state index contributed by atoms with van der Waals surface area (Å²) in [5.74, 6) is -1.52. The van der Waals surface area contributed by atoms with E-state index in [2.05, 4.69) is 19.9 Å². The van der Waals surface area contributed by atoms with Crippen LogP contribution in [0.1, 0.15) is 174 Å². The number of likely N-dealkylation sites (N-methyl/N-ethyl adjacent to an activating group) is 1. The highest BCUT2D eigenvalue weighted by atomic mass is 16.6. The van der Waals surface area contributed by atoms with E-state index in [9.17, 15) is 19.5 Å². The van der Waals surface area contributed by atoms with Crippen molar-refractivity contribution in [2.45, 2.75) is 187 Å². The van der Waals surface area contributed by atoms with Crippen LogP contribution in [-0.4, -0.2) is 80.6 Å². The molecule has 2 atom stereocenters. The summed E-state index contributed by atoms with van der Waals surface area (Å²) in [6, 6.07) is -0.613. The molecule has 48 heavy (non-hydrogen) atoms. The van der Waals surface area contributed by atoms with Crippen molar-refractivity contribution in [3.8, 4) is 0 Å².